The number of halogens is 2. The van der Waals surface area contributed by atoms with E-state index in [4.69, 9.17) is 25.3 Å². The molecular weight excluding hydrogens is 1830 g/mol. The summed E-state index contributed by atoms with van der Waals surface area (Å²) in [6, 6.07) is 74.3. The van der Waals surface area contributed by atoms with Gasteiger partial charge in [-0.25, -0.2) is 38.8 Å². The van der Waals surface area contributed by atoms with Crippen LogP contribution in [-0.4, -0.2) is 33.7 Å². The lowest BCUT2D eigenvalue weighted by Gasteiger charge is -2.34. The van der Waals surface area contributed by atoms with Crippen LogP contribution in [0.4, 0.5) is 0 Å². The zero-order valence-corrected chi connectivity index (χ0v) is 85.5. The molecule has 11 aliphatic rings. The van der Waals surface area contributed by atoms with Gasteiger partial charge in [-0.3, -0.25) is 0 Å². The molecule has 10 aromatic carbocycles. The van der Waals surface area contributed by atoms with Crippen LogP contribution >= 0.6 is 10.7 Å². The Labute approximate surface area is 824 Å². The molecule has 9 aliphatic carbocycles. The molecule has 10 aromatic rings. The highest BCUT2D eigenvalue weighted by Gasteiger charge is 2.43. The number of hydrogen-bond acceptors (Lipinski definition) is 10. The number of hydrogen-bond donors (Lipinski definition) is 1. The molecule has 720 valence electrons. The molecule has 2 aliphatic heterocycles. The molecule has 0 aromatic heterocycles. The van der Waals surface area contributed by atoms with Crippen LogP contribution in [0.25, 0.3) is 4.13 Å². The van der Waals surface area contributed by atoms with E-state index in [-0.39, 0.29) is 55.8 Å². The molecule has 2 N–H and O–H groups in total. The molecule has 0 atom stereocenters. The van der Waals surface area contributed by atoms with Crippen molar-refractivity contribution in [1.29, 1.82) is 0 Å². The lowest BCUT2D eigenvalue weighted by atomic mass is 9.76. The Kier molecular flexibility index (Phi) is 35.4. The molecule has 0 radical (unpaired) electrons. The van der Waals surface area contributed by atoms with Crippen molar-refractivity contribution in [3.63, 3.8) is 0 Å². The van der Waals surface area contributed by atoms with E-state index >= 15 is 0 Å². The summed E-state index contributed by atoms with van der Waals surface area (Å²) in [5, 5.41) is 5.87. The predicted molar refractivity (Wildman–Crippen MR) is 548 cm³/mol. The van der Waals surface area contributed by atoms with Crippen molar-refractivity contribution < 1.29 is 55.6 Å². The number of aryl methyl sites for hydroxylation is 1. The summed E-state index contributed by atoms with van der Waals surface area (Å²) in [4.78, 5) is 8.87. The van der Waals surface area contributed by atoms with Crippen molar-refractivity contribution in [1.82, 2.24) is 0 Å². The van der Waals surface area contributed by atoms with Gasteiger partial charge in [0.05, 0.1) is 14.7 Å². The summed E-state index contributed by atoms with van der Waals surface area (Å²) in [7, 11) is -10.3. The molecule has 0 amide bonds. The van der Waals surface area contributed by atoms with Crippen LogP contribution in [0.15, 0.2) is 267 Å². The van der Waals surface area contributed by atoms with Gasteiger partial charge < -0.3 is 26.0 Å². The SMILES string of the molecule is Cc1ccc(S(=O)(=O)[N-]S(=O)(=O)c2c(C3CCCCC3)cc(C3CCCCC3)cc2C2CCCCC2)cc1.NS(=O)(=O)c1c(C2CCCCC2)cc(C2CCCCC2)cc1C1CCCCC1.O=S(=O)(Cl)c1c(C2CCCCC2)cc(C2CCCCC2)cc1C1CCCCC1.[Cl-].c1ccc([S+]2c3ccccc3Oc3ccccc32)cc1.c1ccc([S+]2c3ccccc3Oc3ccccc32)cc1. The second-order valence-electron chi connectivity index (χ2n) is 40.1. The van der Waals surface area contributed by atoms with E-state index in [9.17, 15) is 33.7 Å². The van der Waals surface area contributed by atoms with Crippen LogP contribution < -0.4 is 27.0 Å². The number of rotatable bonds is 17. The average Bonchev–Trinajstić information content (AvgIpc) is 0.751. The van der Waals surface area contributed by atoms with E-state index in [1.54, 1.807) is 12.1 Å². The Hall–Kier alpha value is -7.20. The first kappa shape index (κ1) is 101. The third-order valence-corrected chi connectivity index (χ3v) is 41.5. The topological polar surface area (TPSA) is 195 Å². The van der Waals surface area contributed by atoms with Gasteiger partial charge in [0.2, 0.25) is 29.6 Å². The van der Waals surface area contributed by atoms with Crippen LogP contribution in [0.2, 0.25) is 0 Å². The van der Waals surface area contributed by atoms with Gasteiger partial charge in [-0.2, -0.15) is 0 Å². The number of para-hydroxylation sites is 4. The minimum absolute atomic E-state index is 0. The monoisotopic (exact) mass is 1970 g/mol. The zero-order chi connectivity index (χ0) is 92.6. The molecule has 0 spiro atoms. The summed E-state index contributed by atoms with van der Waals surface area (Å²) in [5.41, 5.74) is 11.0. The molecule has 9 saturated carbocycles. The third kappa shape index (κ3) is 25.0. The van der Waals surface area contributed by atoms with Crippen molar-refractivity contribution in [3.8, 4) is 23.0 Å². The van der Waals surface area contributed by atoms with E-state index in [1.807, 2.05) is 55.5 Å². The maximum Gasteiger partial charge on any atom is 0.261 e. The molecule has 0 bridgehead atoms. The van der Waals surface area contributed by atoms with Crippen LogP contribution in [0.1, 0.15) is 398 Å². The van der Waals surface area contributed by atoms with Crippen molar-refractivity contribution in [2.24, 2.45) is 5.14 Å². The first-order valence-electron chi connectivity index (χ1n) is 51.3. The Morgan fingerprint density at radius 2 is 0.496 bits per heavy atom. The van der Waals surface area contributed by atoms with E-state index in [2.05, 4.69) is 150 Å². The lowest BCUT2D eigenvalue weighted by molar-refractivity contribution is -0.0000371. The normalized spacial score (nSPS) is 19.7. The largest absolute Gasteiger partial charge is 1.00 e. The first-order valence-corrected chi connectivity index (χ1v) is 60.5. The van der Waals surface area contributed by atoms with Gasteiger partial charge in [-0.15, -0.1) is 0 Å². The number of nitrogens with two attached hydrogens (primary N) is 1. The lowest BCUT2D eigenvalue weighted by Crippen LogP contribution is -3.00. The maximum atomic E-state index is 14.2. The molecule has 21 rings (SSSR count). The zero-order valence-electron chi connectivity index (χ0n) is 79.1. The highest BCUT2D eigenvalue weighted by molar-refractivity contribution is 8.14. The third-order valence-electron chi connectivity index (χ3n) is 31.0. The van der Waals surface area contributed by atoms with Gasteiger partial charge in [0.1, 0.15) is 41.8 Å². The van der Waals surface area contributed by atoms with Crippen molar-refractivity contribution in [3.05, 3.63) is 278 Å². The fraction of sp³-hybridized carbons (Fsp3) is 0.478. The van der Waals surface area contributed by atoms with E-state index in [0.29, 0.717) is 51.2 Å². The Balaban J connectivity index is 0.000000125. The molecule has 20 heteroatoms. The first-order chi connectivity index (χ1) is 65.2. The summed E-state index contributed by atoms with van der Waals surface area (Å²) < 4.78 is 122. The Bertz CT molecular complexity index is 5590. The Morgan fingerprint density at radius 1 is 0.274 bits per heavy atom. The van der Waals surface area contributed by atoms with E-state index < -0.39 is 39.1 Å². The van der Waals surface area contributed by atoms with E-state index in [1.165, 1.54) is 232 Å². The smallest absolute Gasteiger partial charge is 0.261 e. The van der Waals surface area contributed by atoms with E-state index in [0.717, 1.165) is 178 Å². The summed E-state index contributed by atoms with van der Waals surface area (Å²) in [6.07, 6.45) is 53.0. The fourth-order valence-electron chi connectivity index (χ4n) is 24.1. The Morgan fingerprint density at radius 3 is 0.741 bits per heavy atom. The summed E-state index contributed by atoms with van der Waals surface area (Å²) in [6.45, 7) is 1.87. The summed E-state index contributed by atoms with van der Waals surface area (Å²) >= 11 is 0. The molecule has 0 saturated heterocycles. The molecule has 2 heterocycles. The molecule has 135 heavy (non-hydrogen) atoms. The molecule has 9 fully saturated rings. The second kappa shape index (κ2) is 47.4. The van der Waals surface area contributed by atoms with Crippen molar-refractivity contribution in [2.45, 2.75) is 398 Å². The van der Waals surface area contributed by atoms with Crippen LogP contribution in [0, 0.1) is 6.92 Å². The van der Waals surface area contributed by atoms with Gasteiger partial charge in [-0.05, 0) is 311 Å². The number of primary sulfonamides is 1. The van der Waals surface area contributed by atoms with Crippen LogP contribution in [0.3, 0.4) is 0 Å². The second-order valence-corrected chi connectivity index (χ2v) is 51.5. The van der Waals surface area contributed by atoms with Gasteiger partial charge in [0.25, 0.3) is 9.05 Å². The van der Waals surface area contributed by atoms with Gasteiger partial charge in [-0.1, -0.05) is 312 Å². The molecule has 0 unspecified atom stereocenters. The number of sulfonamides is 3. The minimum atomic E-state index is -4.45. The van der Waals surface area contributed by atoms with Crippen LogP contribution in [-0.2, 0) is 60.9 Å². The maximum absolute atomic E-state index is 14.2. The minimum Gasteiger partial charge on any atom is -1.00 e. The fourth-order valence-corrected chi connectivity index (χ4v) is 34.5. The van der Waals surface area contributed by atoms with Gasteiger partial charge in [0, 0.05) is 15.6 Å². The molecule has 12 nitrogen and oxygen atoms in total. The van der Waals surface area contributed by atoms with Crippen LogP contribution in [0.5, 0.6) is 23.0 Å². The van der Waals surface area contributed by atoms with Gasteiger partial charge >= 0.3 is 0 Å². The quantitative estimate of drug-likeness (QED) is 0.0677. The highest BCUT2D eigenvalue weighted by atomic mass is 35.7. The van der Waals surface area contributed by atoms with Crippen molar-refractivity contribution in [2.75, 3.05) is 0 Å². The average molecular weight is 1970 g/mol. The molecular formula is C115H140Cl2N2O10S6. The number of fused-ring (bicyclic) bond motifs is 4. The summed E-state index contributed by atoms with van der Waals surface area (Å²) in [5.74, 6) is 7.28. The standard InChI is InChI=1S/C31H42NO4S2.C24H35ClO2S.C24H37NO2S.2C18H13OS.ClH/c1-23-17-19-28(20-18-23)37(33,34)32-38(35,36)31-29(25-13-7-3-8-14-25)21-27(24-11-5-2-6-12-24)22-30(31)26-15-9-4-10-16-26;2*25-28(26,27)24-22(19-12-6-2-7-13-19)16-21(18-10-4-1-5-11-18)17-23(24)20-14-8-3-9-15-20;2*1-2-8-14(9-3-1)20-17-12-6-4-10-15(17)19-16-11-5-7-13-18(16)20;/h17-22,24-26H,2-16H2,1H3;16-20H,1-15H2;16-20H,1-15H2,(H2,25,26,27);2*1-13H;1H/q-1;;;2*+1;/p-1. The number of benzene rings is 10. The number of nitrogens with zero attached hydrogens (tertiary/aromatic N) is 1. The predicted octanol–water partition coefficient (Wildman–Crippen LogP) is 29.6. The van der Waals surface area contributed by atoms with Crippen molar-refractivity contribution >= 4 is 71.6 Å². The van der Waals surface area contributed by atoms with Gasteiger partial charge in [0.15, 0.2) is 32.8 Å². The highest BCUT2D eigenvalue weighted by Crippen LogP contribution is 2.54. The number of ether oxygens (including phenoxy) is 2.